The standard InChI is InChI=1S/C28H31N5O/c1-31(2)28(34)23-10-8-22(9-11-23)26-18-30-27-25(26)16-24(17-29-27)21-6-4-20(5-7-21)19-33-14-12-32(3)13-15-33/h4-11,16-18H,12-15,19H2,1-3H3,(H,29,30). The number of nitrogens with one attached hydrogen (secondary N) is 1. The van der Waals surface area contributed by atoms with Gasteiger partial charge in [-0.1, -0.05) is 36.4 Å². The van der Waals surface area contributed by atoms with Gasteiger partial charge in [-0.15, -0.1) is 0 Å². The molecule has 1 aliphatic heterocycles. The number of aromatic amines is 1. The quantitative estimate of drug-likeness (QED) is 0.488. The van der Waals surface area contributed by atoms with Gasteiger partial charge in [-0.05, 0) is 41.9 Å². The highest BCUT2D eigenvalue weighted by Gasteiger charge is 2.14. The maximum atomic E-state index is 12.2. The summed E-state index contributed by atoms with van der Waals surface area (Å²) < 4.78 is 0. The molecule has 1 saturated heterocycles. The third-order valence-electron chi connectivity index (χ3n) is 6.67. The first-order valence-corrected chi connectivity index (χ1v) is 11.8. The van der Waals surface area contributed by atoms with E-state index in [1.54, 1.807) is 19.0 Å². The second-order valence-corrected chi connectivity index (χ2v) is 9.38. The van der Waals surface area contributed by atoms with E-state index in [0.29, 0.717) is 5.56 Å². The van der Waals surface area contributed by atoms with Gasteiger partial charge < -0.3 is 14.8 Å². The molecule has 3 heterocycles. The Kier molecular flexibility index (Phi) is 6.18. The molecule has 1 fully saturated rings. The number of hydrogen-bond donors (Lipinski definition) is 1. The third-order valence-corrected chi connectivity index (χ3v) is 6.67. The summed E-state index contributed by atoms with van der Waals surface area (Å²) in [7, 11) is 5.72. The Morgan fingerprint density at radius 1 is 0.941 bits per heavy atom. The van der Waals surface area contributed by atoms with Crippen LogP contribution in [0.5, 0.6) is 0 Å². The number of rotatable bonds is 5. The minimum atomic E-state index is 0.00509. The summed E-state index contributed by atoms with van der Waals surface area (Å²) >= 11 is 0. The molecule has 0 radical (unpaired) electrons. The van der Waals surface area contributed by atoms with Crippen LogP contribution in [0.4, 0.5) is 0 Å². The van der Waals surface area contributed by atoms with Crippen molar-refractivity contribution >= 4 is 16.9 Å². The number of amides is 1. The first kappa shape index (κ1) is 22.3. The molecule has 0 aliphatic carbocycles. The van der Waals surface area contributed by atoms with E-state index in [0.717, 1.165) is 66.0 Å². The van der Waals surface area contributed by atoms with Gasteiger partial charge in [0.05, 0.1) is 0 Å². The van der Waals surface area contributed by atoms with Gasteiger partial charge in [-0.3, -0.25) is 9.69 Å². The van der Waals surface area contributed by atoms with Crippen molar-refractivity contribution < 1.29 is 4.79 Å². The molecular weight excluding hydrogens is 422 g/mol. The second-order valence-electron chi connectivity index (χ2n) is 9.38. The monoisotopic (exact) mass is 453 g/mol. The number of pyridine rings is 1. The number of nitrogens with zero attached hydrogens (tertiary/aromatic N) is 4. The van der Waals surface area contributed by atoms with Crippen LogP contribution in [0.3, 0.4) is 0 Å². The molecule has 6 heteroatoms. The normalized spacial score (nSPS) is 15.0. The topological polar surface area (TPSA) is 55.5 Å². The molecule has 1 aliphatic rings. The van der Waals surface area contributed by atoms with Gasteiger partial charge in [0.15, 0.2) is 0 Å². The molecule has 5 rings (SSSR count). The summed E-state index contributed by atoms with van der Waals surface area (Å²) in [6.45, 7) is 5.52. The highest BCUT2D eigenvalue weighted by atomic mass is 16.2. The van der Waals surface area contributed by atoms with E-state index in [-0.39, 0.29) is 5.91 Å². The number of likely N-dealkylation sites (N-methyl/N-ethyl adjacent to an activating group) is 1. The zero-order valence-corrected chi connectivity index (χ0v) is 20.1. The summed E-state index contributed by atoms with van der Waals surface area (Å²) in [5.74, 6) is 0.00509. The van der Waals surface area contributed by atoms with Crippen LogP contribution >= 0.6 is 0 Å². The van der Waals surface area contributed by atoms with Crippen LogP contribution in [-0.4, -0.2) is 77.9 Å². The molecular formula is C28H31N5O. The minimum absolute atomic E-state index is 0.00509. The Morgan fingerprint density at radius 3 is 2.29 bits per heavy atom. The van der Waals surface area contributed by atoms with Gasteiger partial charge in [-0.2, -0.15) is 0 Å². The van der Waals surface area contributed by atoms with Gasteiger partial charge in [0.25, 0.3) is 5.91 Å². The van der Waals surface area contributed by atoms with Gasteiger partial charge >= 0.3 is 0 Å². The maximum absolute atomic E-state index is 12.2. The first-order valence-electron chi connectivity index (χ1n) is 11.8. The van der Waals surface area contributed by atoms with Crippen molar-refractivity contribution in [2.75, 3.05) is 47.3 Å². The number of hydrogen-bond acceptors (Lipinski definition) is 4. The Bertz CT molecular complexity index is 1280. The summed E-state index contributed by atoms with van der Waals surface area (Å²) in [6.07, 6.45) is 3.92. The van der Waals surface area contributed by atoms with Gasteiger partial charge in [0, 0.05) is 81.3 Å². The van der Waals surface area contributed by atoms with E-state index in [1.165, 1.54) is 5.56 Å². The molecule has 1 amide bonds. The summed E-state index contributed by atoms with van der Waals surface area (Å²) in [5, 5.41) is 1.07. The lowest BCUT2D eigenvalue weighted by Crippen LogP contribution is -2.43. The first-order chi connectivity index (χ1) is 16.5. The zero-order valence-electron chi connectivity index (χ0n) is 20.1. The molecule has 174 valence electrons. The lowest BCUT2D eigenvalue weighted by atomic mass is 10.0. The van der Waals surface area contributed by atoms with Crippen molar-refractivity contribution in [2.24, 2.45) is 0 Å². The van der Waals surface area contributed by atoms with Gasteiger partial charge in [0.2, 0.25) is 0 Å². The van der Waals surface area contributed by atoms with Crippen molar-refractivity contribution in [2.45, 2.75) is 6.54 Å². The van der Waals surface area contributed by atoms with Crippen LogP contribution in [0.15, 0.2) is 67.0 Å². The summed E-state index contributed by atoms with van der Waals surface area (Å²) in [5.41, 5.74) is 7.29. The number of carbonyl (C=O) groups is 1. The van der Waals surface area contributed by atoms with Crippen LogP contribution in [-0.2, 0) is 6.54 Å². The van der Waals surface area contributed by atoms with Crippen molar-refractivity contribution in [3.8, 4) is 22.3 Å². The lowest BCUT2D eigenvalue weighted by molar-refractivity contribution is 0.0827. The van der Waals surface area contributed by atoms with Crippen LogP contribution in [0.2, 0.25) is 0 Å². The Hall–Kier alpha value is -3.48. The van der Waals surface area contributed by atoms with Gasteiger partial charge in [0.1, 0.15) is 5.65 Å². The van der Waals surface area contributed by atoms with E-state index >= 15 is 0 Å². The highest BCUT2D eigenvalue weighted by molar-refractivity contribution is 5.97. The molecule has 0 unspecified atom stereocenters. The Morgan fingerprint density at radius 2 is 1.62 bits per heavy atom. The summed E-state index contributed by atoms with van der Waals surface area (Å²) in [6, 6.07) is 18.8. The van der Waals surface area contributed by atoms with E-state index in [2.05, 4.69) is 57.1 Å². The van der Waals surface area contributed by atoms with E-state index in [4.69, 9.17) is 0 Å². The zero-order chi connectivity index (χ0) is 23.7. The van der Waals surface area contributed by atoms with E-state index in [1.807, 2.05) is 36.7 Å². The fraction of sp³-hybridized carbons (Fsp3) is 0.286. The average molecular weight is 454 g/mol. The molecule has 0 bridgehead atoms. The van der Waals surface area contributed by atoms with E-state index in [9.17, 15) is 4.79 Å². The predicted molar refractivity (Wildman–Crippen MR) is 138 cm³/mol. The molecule has 2 aromatic heterocycles. The van der Waals surface area contributed by atoms with Crippen molar-refractivity contribution in [1.29, 1.82) is 0 Å². The lowest BCUT2D eigenvalue weighted by Gasteiger charge is -2.32. The van der Waals surface area contributed by atoms with E-state index < -0.39 is 0 Å². The smallest absolute Gasteiger partial charge is 0.253 e. The second kappa shape index (κ2) is 9.41. The number of benzene rings is 2. The molecule has 0 atom stereocenters. The molecule has 2 aromatic carbocycles. The maximum Gasteiger partial charge on any atom is 0.253 e. The fourth-order valence-electron chi connectivity index (χ4n) is 4.52. The number of carbonyl (C=O) groups excluding carboxylic acids is 1. The number of aromatic nitrogens is 2. The molecule has 34 heavy (non-hydrogen) atoms. The van der Waals surface area contributed by atoms with Crippen molar-refractivity contribution in [3.63, 3.8) is 0 Å². The molecule has 4 aromatic rings. The van der Waals surface area contributed by atoms with Gasteiger partial charge in [-0.25, -0.2) is 4.98 Å². The number of H-pyrrole nitrogens is 1. The van der Waals surface area contributed by atoms with Crippen molar-refractivity contribution in [1.82, 2.24) is 24.7 Å². The number of piperazine rings is 1. The van der Waals surface area contributed by atoms with Crippen LogP contribution in [0, 0.1) is 0 Å². The highest BCUT2D eigenvalue weighted by Crippen LogP contribution is 2.31. The molecule has 0 spiro atoms. The predicted octanol–water partition coefficient (Wildman–Crippen LogP) is 4.35. The fourth-order valence-corrected chi connectivity index (χ4v) is 4.52. The van der Waals surface area contributed by atoms with Crippen molar-refractivity contribution in [3.05, 3.63) is 78.1 Å². The average Bonchev–Trinajstić information content (AvgIpc) is 3.29. The summed E-state index contributed by atoms with van der Waals surface area (Å²) in [4.78, 5) is 26.7. The molecule has 6 nitrogen and oxygen atoms in total. The molecule has 0 saturated carbocycles. The Balaban J connectivity index is 1.37. The minimum Gasteiger partial charge on any atom is -0.346 e. The SMILES string of the molecule is CN1CCN(Cc2ccc(-c3cnc4[nH]cc(-c5ccc(C(=O)N(C)C)cc5)c4c3)cc2)CC1. The largest absolute Gasteiger partial charge is 0.346 e. The Labute approximate surface area is 200 Å². The van der Waals surface area contributed by atoms with Crippen LogP contribution in [0.25, 0.3) is 33.3 Å². The molecule has 1 N–H and O–H groups in total. The number of fused-ring (bicyclic) bond motifs is 1. The van der Waals surface area contributed by atoms with Crippen LogP contribution in [0.1, 0.15) is 15.9 Å². The third kappa shape index (κ3) is 4.60. The van der Waals surface area contributed by atoms with Crippen LogP contribution < -0.4 is 0 Å².